The molecule has 50 heavy (non-hydrogen) atoms. The molecule has 1 N–H and O–H groups in total. The maximum absolute atomic E-state index is 14.8. The molecule has 0 radical (unpaired) electrons. The van der Waals surface area contributed by atoms with Crippen molar-refractivity contribution < 1.29 is 33.8 Å². The molecule has 5 heterocycles. The highest BCUT2D eigenvalue weighted by atomic mass is 16.6. The van der Waals surface area contributed by atoms with E-state index in [4.69, 9.17) is 9.47 Å². The third kappa shape index (κ3) is 5.48. The maximum atomic E-state index is 14.8. The Morgan fingerprint density at radius 3 is 2.54 bits per heavy atom. The second-order valence-electron chi connectivity index (χ2n) is 13.5. The molecule has 7 rings (SSSR count). The fourth-order valence-corrected chi connectivity index (χ4v) is 7.99. The zero-order chi connectivity index (χ0) is 35.2. The lowest BCUT2D eigenvalue weighted by atomic mass is 9.77. The number of benzene rings is 2. The van der Waals surface area contributed by atoms with Crippen LogP contribution in [0.25, 0.3) is 11.0 Å². The molecule has 3 amide bonds. The van der Waals surface area contributed by atoms with Crippen molar-refractivity contribution >= 4 is 34.7 Å². The number of fused-ring (bicyclic) bond motifs is 3. The molecule has 1 spiro atoms. The van der Waals surface area contributed by atoms with Crippen LogP contribution in [-0.2, 0) is 35.3 Å². The number of carbonyl (C=O) groups is 4. The predicted octanol–water partition coefficient (Wildman–Crippen LogP) is 2.62. The first kappa shape index (κ1) is 33.6. The van der Waals surface area contributed by atoms with Crippen molar-refractivity contribution in [1.82, 2.24) is 29.7 Å². The quantitative estimate of drug-likeness (QED) is 0.306. The largest absolute Gasteiger partial charge is 0.455 e. The number of cyclic esters (lactones) is 1. The second-order valence-corrected chi connectivity index (χ2v) is 13.5. The summed E-state index contributed by atoms with van der Waals surface area (Å²) in [6.45, 7) is 3.55. The molecule has 3 aromatic rings. The lowest BCUT2D eigenvalue weighted by Gasteiger charge is -2.38. The van der Waals surface area contributed by atoms with Gasteiger partial charge in [-0.25, -0.2) is 4.68 Å². The Balaban J connectivity index is 1.30. The number of likely N-dealkylation sites (N-methyl/N-ethyl adjacent to an activating group) is 1. The number of aromatic nitrogens is 3. The van der Waals surface area contributed by atoms with Crippen LogP contribution in [0.4, 0.5) is 0 Å². The van der Waals surface area contributed by atoms with Crippen molar-refractivity contribution in [3.05, 3.63) is 84.5 Å². The number of likely N-dealkylation sites (tertiary alicyclic amines) is 1. The third-order valence-electron chi connectivity index (χ3n) is 10.8. The minimum atomic E-state index is -1.53. The van der Waals surface area contributed by atoms with Gasteiger partial charge in [0.1, 0.15) is 35.9 Å². The van der Waals surface area contributed by atoms with Crippen LogP contribution in [0.5, 0.6) is 0 Å². The molecule has 13 nitrogen and oxygen atoms in total. The summed E-state index contributed by atoms with van der Waals surface area (Å²) in [5, 5.41) is 19.0. The molecule has 4 aliphatic rings. The van der Waals surface area contributed by atoms with Crippen molar-refractivity contribution in [3.63, 3.8) is 0 Å². The highest BCUT2D eigenvalue weighted by Crippen LogP contribution is 2.54. The van der Waals surface area contributed by atoms with E-state index in [9.17, 15) is 24.3 Å². The molecule has 2 saturated heterocycles. The maximum Gasteiger partial charge on any atom is 0.313 e. The van der Waals surface area contributed by atoms with Crippen LogP contribution in [0, 0.1) is 11.8 Å². The molecule has 2 fully saturated rings. The molecule has 0 unspecified atom stereocenters. The number of hydrogen-bond donors (Lipinski definition) is 1. The lowest BCUT2D eigenvalue weighted by molar-refractivity contribution is -0.164. The number of nitrogens with zero attached hydrogens (tertiary/aromatic N) is 6. The summed E-state index contributed by atoms with van der Waals surface area (Å²) in [6.07, 6.45) is 6.31. The van der Waals surface area contributed by atoms with Crippen LogP contribution < -0.4 is 0 Å². The average molecular weight is 683 g/mol. The van der Waals surface area contributed by atoms with E-state index in [1.54, 1.807) is 45.8 Å². The molecule has 262 valence electrons. The summed E-state index contributed by atoms with van der Waals surface area (Å²) in [7, 11) is 1.70. The molecule has 0 aliphatic carbocycles. The number of allylic oxidation sites excluding steroid dienone is 1. The molecule has 0 saturated carbocycles. The van der Waals surface area contributed by atoms with Crippen molar-refractivity contribution in [1.29, 1.82) is 0 Å². The standard InChI is InChI=1S/C37H42N6O7/c1-4-25(21-44)43-33-35(47)41(22-42-27-16-9-8-15-26(27)38-39-42)20-12-19-37(33)31(34(43)46)30-28(50-37)17-10-11-18-29(45)40(3)23(2)32(49-36(30)48)24-13-6-5-7-14-24/h5-10,12-17,19,23,25,28,30-33,44H,4,11,18,20-22H2,1-3H3/b17-10-/t23-,25+,28-,30+,31+,32+,33-,37+/m1/s1. The summed E-state index contributed by atoms with van der Waals surface area (Å²) >= 11 is 0. The summed E-state index contributed by atoms with van der Waals surface area (Å²) in [5.41, 5.74) is 0.599. The number of amides is 3. The zero-order valence-electron chi connectivity index (χ0n) is 28.4. The molecule has 1 aromatic heterocycles. The predicted molar refractivity (Wildman–Crippen MR) is 181 cm³/mol. The van der Waals surface area contributed by atoms with Crippen molar-refractivity contribution in [2.24, 2.45) is 11.8 Å². The van der Waals surface area contributed by atoms with E-state index < -0.39 is 65.6 Å². The average Bonchev–Trinajstić information content (AvgIpc) is 3.73. The number of hydrogen-bond acceptors (Lipinski definition) is 9. The van der Waals surface area contributed by atoms with E-state index in [0.717, 1.165) is 5.52 Å². The Morgan fingerprint density at radius 1 is 1.02 bits per heavy atom. The van der Waals surface area contributed by atoms with Crippen molar-refractivity contribution in [2.45, 2.75) is 75.7 Å². The smallest absolute Gasteiger partial charge is 0.313 e. The zero-order valence-corrected chi connectivity index (χ0v) is 28.4. The van der Waals surface area contributed by atoms with Crippen LogP contribution in [0.15, 0.2) is 78.9 Å². The van der Waals surface area contributed by atoms with E-state index in [1.165, 1.54) is 4.90 Å². The molecule has 0 bridgehead atoms. The first-order valence-electron chi connectivity index (χ1n) is 17.2. The van der Waals surface area contributed by atoms with E-state index in [2.05, 4.69) is 10.3 Å². The monoisotopic (exact) mass is 682 g/mol. The van der Waals surface area contributed by atoms with Gasteiger partial charge in [-0.3, -0.25) is 19.2 Å². The number of esters is 1. The molecule has 8 atom stereocenters. The molecule has 13 heteroatoms. The van der Waals surface area contributed by atoms with Gasteiger partial charge in [0.05, 0.1) is 36.2 Å². The lowest BCUT2D eigenvalue weighted by Crippen LogP contribution is -2.58. The molecular formula is C37H42N6O7. The van der Waals surface area contributed by atoms with Crippen molar-refractivity contribution in [2.75, 3.05) is 20.2 Å². The van der Waals surface area contributed by atoms with Crippen LogP contribution in [0.1, 0.15) is 44.8 Å². The van der Waals surface area contributed by atoms with Gasteiger partial charge in [0.25, 0.3) is 5.91 Å². The van der Waals surface area contributed by atoms with Gasteiger partial charge in [0.2, 0.25) is 11.8 Å². The number of aliphatic hydroxyl groups is 1. The van der Waals surface area contributed by atoms with Gasteiger partial charge >= 0.3 is 5.97 Å². The molecular weight excluding hydrogens is 640 g/mol. The van der Waals surface area contributed by atoms with Crippen LogP contribution in [0.2, 0.25) is 0 Å². The second kappa shape index (κ2) is 13.4. The topological polar surface area (TPSA) is 147 Å². The SMILES string of the molecule is CC[C@@H](CO)N1C(=O)[C@@H]2[C@H]3C(=O)O[C@H](c4ccccc4)[C@@H](C)N(C)C(=O)CC/C=C\[C@H]3O[C@@]23C=CCN(Cn2nnc4ccccc42)C(=O)[C@@H]13. The van der Waals surface area contributed by atoms with Crippen LogP contribution in [-0.4, -0.2) is 109 Å². The number of carbonyl (C=O) groups excluding carboxylic acids is 4. The number of rotatable bonds is 6. The van der Waals surface area contributed by atoms with Gasteiger partial charge in [-0.05, 0) is 37.5 Å². The Bertz CT molecular complexity index is 1840. The highest BCUT2D eigenvalue weighted by Gasteiger charge is 2.72. The number of aliphatic hydroxyl groups excluding tert-OH is 1. The minimum absolute atomic E-state index is 0.0614. The summed E-state index contributed by atoms with van der Waals surface area (Å²) < 4.78 is 14.8. The van der Waals surface area contributed by atoms with Crippen molar-refractivity contribution in [3.8, 4) is 0 Å². The first-order chi connectivity index (χ1) is 24.2. The Labute approximate surface area is 290 Å². The fourth-order valence-electron chi connectivity index (χ4n) is 7.99. The Hall–Kier alpha value is -4.88. The van der Waals surface area contributed by atoms with Gasteiger partial charge in [-0.1, -0.05) is 78.9 Å². The van der Waals surface area contributed by atoms with Gasteiger partial charge in [-0.15, -0.1) is 5.10 Å². The van der Waals surface area contributed by atoms with Gasteiger partial charge < -0.3 is 29.3 Å². The minimum Gasteiger partial charge on any atom is -0.455 e. The molecule has 4 aliphatic heterocycles. The first-order valence-corrected chi connectivity index (χ1v) is 17.2. The fraction of sp³-hybridized carbons (Fsp3) is 0.459. The summed E-state index contributed by atoms with van der Waals surface area (Å²) in [4.78, 5) is 61.9. The number of para-hydroxylation sites is 1. The summed E-state index contributed by atoms with van der Waals surface area (Å²) in [5.74, 6) is -3.83. The van der Waals surface area contributed by atoms with E-state index >= 15 is 0 Å². The van der Waals surface area contributed by atoms with Gasteiger partial charge in [-0.2, -0.15) is 0 Å². The van der Waals surface area contributed by atoms with Crippen LogP contribution in [0.3, 0.4) is 0 Å². The van der Waals surface area contributed by atoms with E-state index in [0.29, 0.717) is 23.9 Å². The normalized spacial score (nSPS) is 31.4. The van der Waals surface area contributed by atoms with E-state index in [1.807, 2.05) is 68.4 Å². The van der Waals surface area contributed by atoms with Crippen LogP contribution >= 0.6 is 0 Å². The third-order valence-corrected chi connectivity index (χ3v) is 10.8. The van der Waals surface area contributed by atoms with E-state index in [-0.39, 0.29) is 32.1 Å². The van der Waals surface area contributed by atoms with Gasteiger partial charge in [0.15, 0.2) is 0 Å². The number of ether oxygens (including phenoxy) is 2. The van der Waals surface area contributed by atoms with Gasteiger partial charge in [0, 0.05) is 20.0 Å². The summed E-state index contributed by atoms with van der Waals surface area (Å²) in [6, 6.07) is 14.3. The highest BCUT2D eigenvalue weighted by molar-refractivity contribution is 5.99. The molecule has 2 aromatic carbocycles. The Kier molecular flexibility index (Phi) is 9.04. The Morgan fingerprint density at radius 2 is 1.78 bits per heavy atom.